The Kier molecular flexibility index (Phi) is 5.79. The van der Waals surface area contributed by atoms with Crippen LogP contribution in [0.4, 0.5) is 0 Å². The summed E-state index contributed by atoms with van der Waals surface area (Å²) in [6, 6.07) is 4.60. The summed E-state index contributed by atoms with van der Waals surface area (Å²) in [5.41, 5.74) is 8.24. The van der Waals surface area contributed by atoms with Gasteiger partial charge in [0.2, 0.25) is 0 Å². The molecule has 0 saturated heterocycles. The molecule has 0 fully saturated rings. The molecule has 0 aromatic heterocycles. The van der Waals surface area contributed by atoms with Crippen LogP contribution < -0.4 is 11.3 Å². The van der Waals surface area contributed by atoms with Gasteiger partial charge in [-0.2, -0.15) is 0 Å². The second kappa shape index (κ2) is 6.88. The minimum atomic E-state index is 0.148. The van der Waals surface area contributed by atoms with Crippen LogP contribution in [-0.2, 0) is 11.2 Å². The molecule has 18 heavy (non-hydrogen) atoms. The number of nitrogens with one attached hydrogen (secondary N) is 1. The molecule has 0 aliphatic heterocycles. The number of hydrogen-bond donors (Lipinski definition) is 2. The van der Waals surface area contributed by atoms with Crippen molar-refractivity contribution in [3.05, 3.63) is 34.4 Å². The lowest BCUT2D eigenvalue weighted by Gasteiger charge is -2.26. The first kappa shape index (κ1) is 15.2. The third kappa shape index (κ3) is 3.55. The van der Waals surface area contributed by atoms with Crippen molar-refractivity contribution in [2.75, 3.05) is 7.11 Å². The molecular weight excluding hydrogens is 224 g/mol. The van der Waals surface area contributed by atoms with E-state index < -0.39 is 0 Å². The zero-order valence-corrected chi connectivity index (χ0v) is 12.2. The molecule has 3 heteroatoms. The smallest absolute Gasteiger partial charge is 0.0738 e. The summed E-state index contributed by atoms with van der Waals surface area (Å²) in [7, 11) is 1.74. The fraction of sp³-hybridized carbons (Fsp3) is 0.600. The second-order valence-electron chi connectivity index (χ2n) is 5.04. The molecule has 0 amide bonds. The molecule has 0 radical (unpaired) electrons. The molecule has 0 saturated carbocycles. The fourth-order valence-corrected chi connectivity index (χ4v) is 2.66. The van der Waals surface area contributed by atoms with Crippen molar-refractivity contribution in [2.24, 2.45) is 5.84 Å². The van der Waals surface area contributed by atoms with Crippen LogP contribution >= 0.6 is 0 Å². The third-order valence-corrected chi connectivity index (χ3v) is 3.63. The van der Waals surface area contributed by atoms with Crippen molar-refractivity contribution in [1.29, 1.82) is 0 Å². The SMILES string of the molecule is CCC(OC)C(Cc1c(C)cc(C)cc1C)NN. The summed E-state index contributed by atoms with van der Waals surface area (Å²) in [5, 5.41) is 0. The lowest BCUT2D eigenvalue weighted by atomic mass is 9.92. The van der Waals surface area contributed by atoms with Crippen molar-refractivity contribution >= 4 is 0 Å². The van der Waals surface area contributed by atoms with Gasteiger partial charge in [0.15, 0.2) is 0 Å². The normalized spacial score (nSPS) is 14.6. The van der Waals surface area contributed by atoms with Crippen molar-refractivity contribution in [3.63, 3.8) is 0 Å². The van der Waals surface area contributed by atoms with E-state index in [1.165, 1.54) is 22.3 Å². The largest absolute Gasteiger partial charge is 0.380 e. The van der Waals surface area contributed by atoms with E-state index in [1.807, 2.05) is 0 Å². The van der Waals surface area contributed by atoms with E-state index in [2.05, 4.69) is 45.3 Å². The first-order valence-corrected chi connectivity index (χ1v) is 6.59. The minimum absolute atomic E-state index is 0.148. The third-order valence-electron chi connectivity index (χ3n) is 3.63. The maximum atomic E-state index is 5.67. The zero-order valence-electron chi connectivity index (χ0n) is 12.2. The Morgan fingerprint density at radius 1 is 1.22 bits per heavy atom. The zero-order chi connectivity index (χ0) is 13.7. The van der Waals surface area contributed by atoms with Crippen LogP contribution in [-0.4, -0.2) is 19.3 Å². The van der Waals surface area contributed by atoms with E-state index in [-0.39, 0.29) is 12.1 Å². The molecule has 0 aliphatic rings. The van der Waals surface area contributed by atoms with Gasteiger partial charge in [0, 0.05) is 7.11 Å². The van der Waals surface area contributed by atoms with E-state index in [0.717, 1.165) is 12.8 Å². The Morgan fingerprint density at radius 2 is 1.78 bits per heavy atom. The number of ether oxygens (including phenoxy) is 1. The lowest BCUT2D eigenvalue weighted by molar-refractivity contribution is 0.0653. The molecule has 1 rings (SSSR count). The molecule has 2 atom stereocenters. The quantitative estimate of drug-likeness (QED) is 0.602. The van der Waals surface area contributed by atoms with Gasteiger partial charge in [0.05, 0.1) is 12.1 Å². The van der Waals surface area contributed by atoms with E-state index in [1.54, 1.807) is 7.11 Å². The predicted octanol–water partition coefficient (Wildman–Crippen LogP) is 2.41. The number of hydrazine groups is 1. The Morgan fingerprint density at radius 3 is 2.17 bits per heavy atom. The average Bonchev–Trinajstić information content (AvgIpc) is 2.32. The van der Waals surface area contributed by atoms with Gasteiger partial charge in [-0.25, -0.2) is 0 Å². The van der Waals surface area contributed by atoms with E-state index in [4.69, 9.17) is 10.6 Å². The van der Waals surface area contributed by atoms with E-state index in [9.17, 15) is 0 Å². The van der Waals surface area contributed by atoms with Gasteiger partial charge in [-0.05, 0) is 50.3 Å². The highest BCUT2D eigenvalue weighted by Gasteiger charge is 2.20. The summed E-state index contributed by atoms with van der Waals surface area (Å²) in [4.78, 5) is 0. The predicted molar refractivity (Wildman–Crippen MR) is 76.6 cm³/mol. The first-order valence-electron chi connectivity index (χ1n) is 6.59. The van der Waals surface area contributed by atoms with Crippen LogP contribution in [0.15, 0.2) is 12.1 Å². The van der Waals surface area contributed by atoms with Crippen molar-refractivity contribution in [3.8, 4) is 0 Å². The summed E-state index contributed by atoms with van der Waals surface area (Å²) in [5.74, 6) is 5.67. The van der Waals surface area contributed by atoms with Gasteiger partial charge in [-0.15, -0.1) is 0 Å². The highest BCUT2D eigenvalue weighted by Crippen LogP contribution is 2.20. The summed E-state index contributed by atoms with van der Waals surface area (Å²) in [6.45, 7) is 8.58. The highest BCUT2D eigenvalue weighted by atomic mass is 16.5. The number of nitrogens with two attached hydrogens (primary N) is 1. The van der Waals surface area contributed by atoms with E-state index in [0.29, 0.717) is 0 Å². The van der Waals surface area contributed by atoms with Crippen LogP contribution in [0.3, 0.4) is 0 Å². The van der Waals surface area contributed by atoms with Crippen LogP contribution in [0.25, 0.3) is 0 Å². The number of aryl methyl sites for hydroxylation is 3. The molecule has 102 valence electrons. The Hall–Kier alpha value is -0.900. The van der Waals surface area contributed by atoms with Crippen LogP contribution in [0.2, 0.25) is 0 Å². The monoisotopic (exact) mass is 250 g/mol. The molecule has 0 spiro atoms. The number of rotatable bonds is 6. The molecule has 2 unspecified atom stereocenters. The van der Waals surface area contributed by atoms with Crippen molar-refractivity contribution in [2.45, 2.75) is 52.7 Å². The van der Waals surface area contributed by atoms with Gasteiger partial charge in [-0.1, -0.05) is 24.6 Å². The Labute approximate surface area is 111 Å². The number of methoxy groups -OCH3 is 1. The van der Waals surface area contributed by atoms with Gasteiger partial charge in [0.25, 0.3) is 0 Å². The summed E-state index contributed by atoms with van der Waals surface area (Å²) < 4.78 is 5.49. The topological polar surface area (TPSA) is 47.3 Å². The lowest BCUT2D eigenvalue weighted by Crippen LogP contribution is -2.46. The number of hydrogen-bond acceptors (Lipinski definition) is 3. The maximum absolute atomic E-state index is 5.67. The second-order valence-corrected chi connectivity index (χ2v) is 5.04. The van der Waals surface area contributed by atoms with Crippen LogP contribution in [0, 0.1) is 20.8 Å². The highest BCUT2D eigenvalue weighted by molar-refractivity contribution is 5.38. The average molecular weight is 250 g/mol. The minimum Gasteiger partial charge on any atom is -0.380 e. The van der Waals surface area contributed by atoms with Gasteiger partial charge in [0.1, 0.15) is 0 Å². The van der Waals surface area contributed by atoms with Crippen molar-refractivity contribution in [1.82, 2.24) is 5.43 Å². The Balaban J connectivity index is 2.94. The molecule has 1 aromatic carbocycles. The van der Waals surface area contributed by atoms with Gasteiger partial charge in [-0.3, -0.25) is 11.3 Å². The molecule has 0 aliphatic carbocycles. The standard InChI is InChI=1S/C15H26N2O/c1-6-15(18-5)14(17-16)9-13-11(3)7-10(2)8-12(13)4/h7-8,14-15,17H,6,9,16H2,1-5H3. The Bertz CT molecular complexity index is 363. The first-order chi connectivity index (χ1) is 8.53. The van der Waals surface area contributed by atoms with Gasteiger partial charge < -0.3 is 4.74 Å². The summed E-state index contributed by atoms with van der Waals surface area (Å²) in [6.07, 6.45) is 2.01. The van der Waals surface area contributed by atoms with Crippen molar-refractivity contribution < 1.29 is 4.74 Å². The molecule has 0 heterocycles. The molecule has 3 nitrogen and oxygen atoms in total. The van der Waals surface area contributed by atoms with Crippen LogP contribution in [0.1, 0.15) is 35.6 Å². The summed E-state index contributed by atoms with van der Waals surface area (Å²) >= 11 is 0. The van der Waals surface area contributed by atoms with E-state index >= 15 is 0 Å². The maximum Gasteiger partial charge on any atom is 0.0738 e. The fourth-order valence-electron chi connectivity index (χ4n) is 2.66. The van der Waals surface area contributed by atoms with Crippen LogP contribution in [0.5, 0.6) is 0 Å². The molecular formula is C15H26N2O. The molecule has 3 N–H and O–H groups in total. The number of benzene rings is 1. The molecule has 0 bridgehead atoms. The molecule has 1 aromatic rings. The van der Waals surface area contributed by atoms with Gasteiger partial charge >= 0.3 is 0 Å².